The summed E-state index contributed by atoms with van der Waals surface area (Å²) in [7, 11) is 0. The smallest absolute Gasteiger partial charge is 0.0728 e. The Bertz CT molecular complexity index is 252. The minimum Gasteiger partial charge on any atom is -0.772 e. The van der Waals surface area contributed by atoms with Crippen molar-refractivity contribution in [3.05, 3.63) is 24.3 Å². The molecule has 1 aromatic heterocycles. The van der Waals surface area contributed by atoms with E-state index in [0.29, 0.717) is 5.69 Å². The molecule has 0 aliphatic carbocycles. The van der Waals surface area contributed by atoms with Gasteiger partial charge in [0.15, 0.2) is 0 Å². The lowest BCUT2D eigenvalue weighted by Crippen LogP contribution is -2.03. The fraction of sp³-hybridized carbons (Fsp3) is 0.333. The van der Waals surface area contributed by atoms with Gasteiger partial charge in [-0.3, -0.25) is 14.2 Å². The zero-order chi connectivity index (χ0) is 8.27. The summed E-state index contributed by atoms with van der Waals surface area (Å²) in [6, 6.07) is 0. The first-order valence-electron chi connectivity index (χ1n) is 3.06. The van der Waals surface area contributed by atoms with E-state index >= 15 is 0 Å². The quantitative estimate of drug-likeness (QED) is 0.605. The van der Waals surface area contributed by atoms with E-state index in [9.17, 15) is 8.76 Å². The van der Waals surface area contributed by atoms with E-state index in [0.717, 1.165) is 0 Å². The summed E-state index contributed by atoms with van der Waals surface area (Å²) in [5.74, 6) is 0. The van der Waals surface area contributed by atoms with Crippen molar-refractivity contribution >= 4 is 11.1 Å². The molecule has 0 aliphatic heterocycles. The van der Waals surface area contributed by atoms with Gasteiger partial charge in [0.2, 0.25) is 0 Å². The molecule has 60 valence electrons. The Kier molecular flexibility index (Phi) is 2.67. The second-order valence-corrected chi connectivity index (χ2v) is 3.26. The van der Waals surface area contributed by atoms with E-state index in [1.54, 1.807) is 6.92 Å². The molecule has 0 fully saturated rings. The molecule has 0 saturated carbocycles. The minimum atomic E-state index is -2.11. The molecule has 0 N–H and O–H groups in total. The van der Waals surface area contributed by atoms with Gasteiger partial charge in [-0.25, -0.2) is 0 Å². The van der Waals surface area contributed by atoms with Crippen LogP contribution in [0.25, 0.3) is 0 Å². The number of rotatable bonds is 2. The minimum absolute atomic E-state index is 0.473. The first-order valence-corrected chi connectivity index (χ1v) is 4.19. The van der Waals surface area contributed by atoms with Crippen molar-refractivity contribution in [1.82, 2.24) is 9.97 Å². The topological polar surface area (TPSA) is 65.9 Å². The molecule has 0 amide bonds. The van der Waals surface area contributed by atoms with E-state index in [2.05, 4.69) is 9.97 Å². The summed E-state index contributed by atoms with van der Waals surface area (Å²) < 4.78 is 20.9. The predicted molar refractivity (Wildman–Crippen MR) is 39.4 cm³/mol. The fourth-order valence-corrected chi connectivity index (χ4v) is 0.938. The zero-order valence-electron chi connectivity index (χ0n) is 5.93. The molecule has 2 unspecified atom stereocenters. The van der Waals surface area contributed by atoms with Gasteiger partial charge in [-0.2, -0.15) is 0 Å². The molecular weight excluding hydrogens is 164 g/mol. The van der Waals surface area contributed by atoms with Crippen LogP contribution in [0.3, 0.4) is 0 Å². The highest BCUT2D eigenvalue weighted by molar-refractivity contribution is 7.79. The van der Waals surface area contributed by atoms with Crippen molar-refractivity contribution < 1.29 is 8.76 Å². The second kappa shape index (κ2) is 3.54. The Labute approximate surface area is 67.0 Å². The third-order valence-corrected chi connectivity index (χ3v) is 2.11. The van der Waals surface area contributed by atoms with E-state index in [4.69, 9.17) is 0 Å². The number of hydrogen-bond acceptors (Lipinski definition) is 4. The average molecular weight is 171 g/mol. The molecule has 4 nitrogen and oxygen atoms in total. The highest BCUT2D eigenvalue weighted by Crippen LogP contribution is 2.12. The van der Waals surface area contributed by atoms with Gasteiger partial charge in [0.05, 0.1) is 10.9 Å². The monoisotopic (exact) mass is 171 g/mol. The lowest BCUT2D eigenvalue weighted by molar-refractivity contribution is 0.526. The molecule has 0 bridgehead atoms. The van der Waals surface area contributed by atoms with E-state index in [1.807, 2.05) is 0 Å². The van der Waals surface area contributed by atoms with Crippen LogP contribution in [0.15, 0.2) is 18.6 Å². The Morgan fingerprint density at radius 2 is 2.36 bits per heavy atom. The Morgan fingerprint density at radius 1 is 1.64 bits per heavy atom. The van der Waals surface area contributed by atoms with Crippen LogP contribution in [0.5, 0.6) is 0 Å². The molecule has 0 spiro atoms. The van der Waals surface area contributed by atoms with Crippen molar-refractivity contribution in [3.63, 3.8) is 0 Å². The summed E-state index contributed by atoms with van der Waals surface area (Å²) in [5.41, 5.74) is 0.473. The molecule has 0 saturated heterocycles. The summed E-state index contributed by atoms with van der Waals surface area (Å²) in [6.07, 6.45) is 4.42. The highest BCUT2D eigenvalue weighted by atomic mass is 32.2. The van der Waals surface area contributed by atoms with E-state index < -0.39 is 16.3 Å². The normalized spacial score (nSPS) is 15.8. The first kappa shape index (κ1) is 8.29. The van der Waals surface area contributed by atoms with Crippen LogP contribution < -0.4 is 0 Å². The number of aromatic nitrogens is 2. The standard InChI is InChI=1S/C6H8N2O2S/c1-5(11(9)10)6-4-7-2-3-8-6/h2-5H,1H3,(H,9,10)/p-1. The van der Waals surface area contributed by atoms with Crippen LogP contribution in [0.1, 0.15) is 17.9 Å². The average Bonchev–Trinajstić information content (AvgIpc) is 2.05. The van der Waals surface area contributed by atoms with Crippen LogP contribution in [-0.2, 0) is 11.1 Å². The molecule has 0 radical (unpaired) electrons. The molecular formula is C6H7N2O2S-. The molecule has 2 atom stereocenters. The van der Waals surface area contributed by atoms with E-state index in [1.165, 1.54) is 18.6 Å². The van der Waals surface area contributed by atoms with Crippen molar-refractivity contribution in [3.8, 4) is 0 Å². The third-order valence-electron chi connectivity index (χ3n) is 1.29. The summed E-state index contributed by atoms with van der Waals surface area (Å²) in [6.45, 7) is 1.56. The lowest BCUT2D eigenvalue weighted by atomic mass is 10.3. The summed E-state index contributed by atoms with van der Waals surface area (Å²) in [5, 5.41) is -0.580. The molecule has 0 aromatic carbocycles. The Hall–Kier alpha value is -0.810. The van der Waals surface area contributed by atoms with Crippen molar-refractivity contribution in [2.45, 2.75) is 12.2 Å². The molecule has 5 heteroatoms. The number of hydrogen-bond donors (Lipinski definition) is 0. The maximum absolute atomic E-state index is 10.4. The van der Waals surface area contributed by atoms with Gasteiger partial charge in [0, 0.05) is 18.6 Å². The second-order valence-electron chi connectivity index (χ2n) is 2.03. The van der Waals surface area contributed by atoms with Crippen LogP contribution in [0, 0.1) is 0 Å². The SMILES string of the molecule is CC(c1cnccn1)S(=O)[O-]. The first-order chi connectivity index (χ1) is 5.22. The highest BCUT2D eigenvalue weighted by Gasteiger charge is 2.05. The van der Waals surface area contributed by atoms with Crippen molar-refractivity contribution in [2.75, 3.05) is 0 Å². The fourth-order valence-electron chi connectivity index (χ4n) is 0.619. The van der Waals surface area contributed by atoms with Crippen LogP contribution in [0.2, 0.25) is 0 Å². The van der Waals surface area contributed by atoms with Gasteiger partial charge in [-0.05, 0) is 18.0 Å². The third kappa shape index (κ3) is 2.06. The van der Waals surface area contributed by atoms with Gasteiger partial charge in [0.25, 0.3) is 0 Å². The van der Waals surface area contributed by atoms with Gasteiger partial charge >= 0.3 is 0 Å². The van der Waals surface area contributed by atoms with Gasteiger partial charge in [-0.15, -0.1) is 0 Å². The molecule has 0 aliphatic rings. The maximum Gasteiger partial charge on any atom is 0.0728 e. The largest absolute Gasteiger partial charge is 0.772 e. The van der Waals surface area contributed by atoms with Crippen LogP contribution >= 0.6 is 0 Å². The molecule has 1 aromatic rings. The summed E-state index contributed by atoms with van der Waals surface area (Å²) in [4.78, 5) is 7.60. The van der Waals surface area contributed by atoms with Crippen LogP contribution in [-0.4, -0.2) is 18.7 Å². The molecule has 1 rings (SSSR count). The van der Waals surface area contributed by atoms with Crippen molar-refractivity contribution in [1.29, 1.82) is 0 Å². The van der Waals surface area contributed by atoms with Gasteiger partial charge in [-0.1, -0.05) is 0 Å². The van der Waals surface area contributed by atoms with Crippen molar-refractivity contribution in [2.24, 2.45) is 0 Å². The molecule has 1 heterocycles. The lowest BCUT2D eigenvalue weighted by Gasteiger charge is -2.12. The summed E-state index contributed by atoms with van der Waals surface area (Å²) >= 11 is -2.11. The number of nitrogens with zero attached hydrogens (tertiary/aromatic N) is 2. The Balaban J connectivity index is 2.85. The van der Waals surface area contributed by atoms with Gasteiger partial charge < -0.3 is 4.55 Å². The predicted octanol–water partition coefficient (Wildman–Crippen LogP) is 0.417. The van der Waals surface area contributed by atoms with Gasteiger partial charge in [0.1, 0.15) is 0 Å². The maximum atomic E-state index is 10.4. The van der Waals surface area contributed by atoms with E-state index in [-0.39, 0.29) is 0 Å². The Morgan fingerprint density at radius 3 is 2.82 bits per heavy atom. The van der Waals surface area contributed by atoms with Crippen LogP contribution in [0.4, 0.5) is 0 Å². The molecule has 11 heavy (non-hydrogen) atoms. The zero-order valence-corrected chi connectivity index (χ0v) is 6.75.